The van der Waals surface area contributed by atoms with Crippen molar-refractivity contribution in [3.05, 3.63) is 33.7 Å². The maximum absolute atomic E-state index is 11.4. The zero-order valence-corrected chi connectivity index (χ0v) is 8.84. The molecule has 80 valence electrons. The number of H-pyrrole nitrogens is 1. The highest BCUT2D eigenvalue weighted by molar-refractivity contribution is 7.99. The van der Waals surface area contributed by atoms with Crippen LogP contribution in [0.1, 0.15) is 28.4 Å². The van der Waals surface area contributed by atoms with Gasteiger partial charge in [-0.05, 0) is 24.3 Å². The van der Waals surface area contributed by atoms with Gasteiger partial charge in [-0.15, -0.1) is 0 Å². The van der Waals surface area contributed by atoms with Gasteiger partial charge in [0.1, 0.15) is 5.56 Å². The Balaban J connectivity index is 2.32. The van der Waals surface area contributed by atoms with Gasteiger partial charge in [-0.3, -0.25) is 4.79 Å². The van der Waals surface area contributed by atoms with Crippen molar-refractivity contribution in [1.82, 2.24) is 4.98 Å². The molecule has 4 nitrogen and oxygen atoms in total. The lowest BCUT2D eigenvalue weighted by Crippen LogP contribution is -2.19. The number of hydrogen-bond donors (Lipinski definition) is 2. The van der Waals surface area contributed by atoms with Gasteiger partial charge >= 0.3 is 5.97 Å². The van der Waals surface area contributed by atoms with Crippen molar-refractivity contribution < 1.29 is 9.90 Å². The first-order chi connectivity index (χ1) is 7.18. The lowest BCUT2D eigenvalue weighted by molar-refractivity contribution is 0.0695. The number of nitrogens with one attached hydrogen (secondary N) is 1. The van der Waals surface area contributed by atoms with Gasteiger partial charge in [0, 0.05) is 17.4 Å². The van der Waals surface area contributed by atoms with Gasteiger partial charge in [-0.2, -0.15) is 11.8 Å². The quantitative estimate of drug-likeness (QED) is 0.795. The lowest BCUT2D eigenvalue weighted by Gasteiger charge is -2.07. The van der Waals surface area contributed by atoms with Crippen LogP contribution >= 0.6 is 11.8 Å². The van der Waals surface area contributed by atoms with Crippen molar-refractivity contribution in [3.63, 3.8) is 0 Å². The van der Waals surface area contributed by atoms with Gasteiger partial charge in [0.25, 0.3) is 5.56 Å². The van der Waals surface area contributed by atoms with Crippen LogP contribution in [0.3, 0.4) is 0 Å². The highest BCUT2D eigenvalue weighted by Gasteiger charge is 2.19. The van der Waals surface area contributed by atoms with Crippen LogP contribution in [-0.2, 0) is 0 Å². The van der Waals surface area contributed by atoms with Crippen LogP contribution in [0.2, 0.25) is 0 Å². The second-order valence-corrected chi connectivity index (χ2v) is 4.67. The van der Waals surface area contributed by atoms with Crippen molar-refractivity contribution in [3.8, 4) is 0 Å². The van der Waals surface area contributed by atoms with E-state index in [1.54, 1.807) is 6.07 Å². The van der Waals surface area contributed by atoms with E-state index in [1.807, 2.05) is 11.8 Å². The van der Waals surface area contributed by atoms with Crippen molar-refractivity contribution in [1.29, 1.82) is 0 Å². The second-order valence-electron chi connectivity index (χ2n) is 3.52. The lowest BCUT2D eigenvalue weighted by atomic mass is 10.0. The molecule has 1 aliphatic heterocycles. The van der Waals surface area contributed by atoms with E-state index in [1.165, 1.54) is 6.07 Å². The number of carboxylic acids is 1. The number of aromatic carboxylic acids is 1. The molecule has 1 atom stereocenters. The zero-order chi connectivity index (χ0) is 10.8. The largest absolute Gasteiger partial charge is 0.477 e. The molecule has 0 aromatic carbocycles. The first kappa shape index (κ1) is 10.3. The van der Waals surface area contributed by atoms with Crippen LogP contribution in [0.4, 0.5) is 0 Å². The summed E-state index contributed by atoms with van der Waals surface area (Å²) in [7, 11) is 0. The SMILES string of the molecule is O=C(O)c1ccc(C2CCSC2)[nH]c1=O. The van der Waals surface area contributed by atoms with Crippen molar-refractivity contribution in [2.45, 2.75) is 12.3 Å². The molecule has 5 heteroatoms. The van der Waals surface area contributed by atoms with Gasteiger partial charge in [0.05, 0.1) is 0 Å². The van der Waals surface area contributed by atoms with E-state index in [9.17, 15) is 9.59 Å². The third kappa shape index (κ3) is 2.07. The highest BCUT2D eigenvalue weighted by atomic mass is 32.2. The first-order valence-electron chi connectivity index (χ1n) is 4.73. The van der Waals surface area contributed by atoms with Gasteiger partial charge in [0.2, 0.25) is 0 Å². The summed E-state index contributed by atoms with van der Waals surface area (Å²) >= 11 is 1.86. The summed E-state index contributed by atoms with van der Waals surface area (Å²) < 4.78 is 0. The smallest absolute Gasteiger partial charge is 0.341 e. The van der Waals surface area contributed by atoms with Crippen molar-refractivity contribution in [2.75, 3.05) is 11.5 Å². The Morgan fingerprint density at radius 3 is 2.87 bits per heavy atom. The Morgan fingerprint density at radius 2 is 2.33 bits per heavy atom. The fraction of sp³-hybridized carbons (Fsp3) is 0.400. The van der Waals surface area contributed by atoms with Crippen LogP contribution in [0.25, 0.3) is 0 Å². The molecule has 0 spiro atoms. The predicted molar refractivity (Wildman–Crippen MR) is 58.7 cm³/mol. The standard InChI is InChI=1S/C10H11NO3S/c12-9-7(10(13)14)1-2-8(11-9)6-3-4-15-5-6/h1-2,6H,3-5H2,(H,11,12)(H,13,14). The summed E-state index contributed by atoms with van der Waals surface area (Å²) in [5, 5.41) is 8.70. The van der Waals surface area contributed by atoms with Gasteiger partial charge in [0.15, 0.2) is 0 Å². The van der Waals surface area contributed by atoms with Gasteiger partial charge in [-0.25, -0.2) is 4.79 Å². The van der Waals surface area contributed by atoms with Crippen LogP contribution in [0.15, 0.2) is 16.9 Å². The van der Waals surface area contributed by atoms with Crippen LogP contribution in [0, 0.1) is 0 Å². The molecule has 0 radical (unpaired) electrons. The summed E-state index contributed by atoms with van der Waals surface area (Å²) in [6.07, 6.45) is 1.05. The molecule has 1 aliphatic rings. The average Bonchev–Trinajstić information content (AvgIpc) is 2.69. The van der Waals surface area contributed by atoms with Crippen LogP contribution in [-0.4, -0.2) is 27.6 Å². The highest BCUT2D eigenvalue weighted by Crippen LogP contribution is 2.30. The number of thioether (sulfide) groups is 1. The van der Waals surface area contributed by atoms with Gasteiger partial charge in [-0.1, -0.05) is 0 Å². The summed E-state index contributed by atoms with van der Waals surface area (Å²) in [6.45, 7) is 0. The fourth-order valence-electron chi connectivity index (χ4n) is 1.68. The molecule has 2 heterocycles. The summed E-state index contributed by atoms with van der Waals surface area (Å²) in [5.41, 5.74) is 0.163. The monoisotopic (exact) mass is 225 g/mol. The first-order valence-corrected chi connectivity index (χ1v) is 5.88. The molecule has 0 saturated carbocycles. The maximum Gasteiger partial charge on any atom is 0.341 e. The molecule has 15 heavy (non-hydrogen) atoms. The summed E-state index contributed by atoms with van der Waals surface area (Å²) in [4.78, 5) is 24.7. The van der Waals surface area contributed by atoms with E-state index >= 15 is 0 Å². The van der Waals surface area contributed by atoms with Crippen molar-refractivity contribution >= 4 is 17.7 Å². The normalized spacial score (nSPS) is 20.4. The Hall–Kier alpha value is -1.23. The molecular formula is C10H11NO3S. The molecule has 0 bridgehead atoms. The molecule has 0 aliphatic carbocycles. The molecule has 1 unspecified atom stereocenters. The van der Waals surface area contributed by atoms with Gasteiger partial charge < -0.3 is 10.1 Å². The van der Waals surface area contributed by atoms with E-state index < -0.39 is 11.5 Å². The predicted octanol–water partition coefficient (Wildman–Crippen LogP) is 1.29. The third-order valence-corrected chi connectivity index (χ3v) is 3.69. The Labute approximate surface area is 90.7 Å². The van der Waals surface area contributed by atoms with Crippen molar-refractivity contribution in [2.24, 2.45) is 0 Å². The Morgan fingerprint density at radius 1 is 1.53 bits per heavy atom. The minimum Gasteiger partial charge on any atom is -0.477 e. The molecule has 1 aromatic rings. The molecular weight excluding hydrogens is 214 g/mol. The second kappa shape index (κ2) is 4.10. The van der Waals surface area contributed by atoms with E-state index in [0.29, 0.717) is 5.92 Å². The number of aromatic amines is 1. The number of carbonyl (C=O) groups is 1. The Kier molecular flexibility index (Phi) is 2.81. The number of aromatic nitrogens is 1. The van der Waals surface area contributed by atoms with E-state index in [-0.39, 0.29) is 5.56 Å². The topological polar surface area (TPSA) is 70.2 Å². The number of hydrogen-bond acceptors (Lipinski definition) is 3. The summed E-state index contributed by atoms with van der Waals surface area (Å²) in [5.74, 6) is 1.30. The molecule has 2 rings (SSSR count). The number of pyridine rings is 1. The van der Waals surface area contributed by atoms with E-state index in [0.717, 1.165) is 23.6 Å². The maximum atomic E-state index is 11.4. The number of rotatable bonds is 2. The molecule has 0 amide bonds. The Bertz CT molecular complexity index is 435. The minimum absolute atomic E-state index is 0.190. The number of carboxylic acid groups (broad SMARTS) is 1. The van der Waals surface area contributed by atoms with Crippen LogP contribution < -0.4 is 5.56 Å². The average molecular weight is 225 g/mol. The molecule has 1 aromatic heterocycles. The fourth-order valence-corrected chi connectivity index (χ4v) is 2.92. The minimum atomic E-state index is -1.18. The third-order valence-electron chi connectivity index (χ3n) is 2.53. The van der Waals surface area contributed by atoms with Crippen LogP contribution in [0.5, 0.6) is 0 Å². The summed E-state index contributed by atoms with van der Waals surface area (Å²) in [6, 6.07) is 3.10. The van der Waals surface area contributed by atoms with E-state index in [4.69, 9.17) is 5.11 Å². The molecule has 1 fully saturated rings. The molecule has 2 N–H and O–H groups in total. The van der Waals surface area contributed by atoms with E-state index in [2.05, 4.69) is 4.98 Å². The molecule has 1 saturated heterocycles. The zero-order valence-electron chi connectivity index (χ0n) is 8.03.